The van der Waals surface area contributed by atoms with Crippen molar-refractivity contribution in [2.45, 2.75) is 45.6 Å². The van der Waals surface area contributed by atoms with Crippen LogP contribution in [0, 0.1) is 19.8 Å². The van der Waals surface area contributed by atoms with Crippen LogP contribution in [0.25, 0.3) is 0 Å². The molecule has 0 saturated heterocycles. The van der Waals surface area contributed by atoms with E-state index in [1.165, 1.54) is 42.4 Å². The molecule has 0 bridgehead atoms. The molecule has 1 N–H and O–H groups in total. The standard InChI is InChI=1S/C15H23N/c1-11-7-8-14(12(2)9-11)15(16-3)10-13-5-4-6-13/h7-9,13,15-16H,4-6,10H2,1-3H3. The van der Waals surface area contributed by atoms with Crippen LogP contribution in [0.4, 0.5) is 0 Å². The Morgan fingerprint density at radius 3 is 2.56 bits per heavy atom. The van der Waals surface area contributed by atoms with Crippen molar-refractivity contribution in [2.75, 3.05) is 7.05 Å². The highest BCUT2D eigenvalue weighted by Gasteiger charge is 2.22. The van der Waals surface area contributed by atoms with Gasteiger partial charge in [0.25, 0.3) is 0 Å². The minimum atomic E-state index is 0.547. The third-order valence-electron chi connectivity index (χ3n) is 3.94. The molecule has 0 aromatic heterocycles. The van der Waals surface area contributed by atoms with Crippen molar-refractivity contribution >= 4 is 0 Å². The molecular formula is C15H23N. The van der Waals surface area contributed by atoms with E-state index >= 15 is 0 Å². The Balaban J connectivity index is 2.11. The third-order valence-corrected chi connectivity index (χ3v) is 3.94. The summed E-state index contributed by atoms with van der Waals surface area (Å²) in [6.07, 6.45) is 5.61. The fraction of sp³-hybridized carbons (Fsp3) is 0.600. The zero-order valence-corrected chi connectivity index (χ0v) is 10.7. The Kier molecular flexibility index (Phi) is 3.65. The molecule has 0 amide bonds. The fourth-order valence-electron chi connectivity index (χ4n) is 2.68. The van der Waals surface area contributed by atoms with E-state index in [1.807, 2.05) is 0 Å². The average Bonchev–Trinajstić information content (AvgIpc) is 2.18. The summed E-state index contributed by atoms with van der Waals surface area (Å²) in [5.74, 6) is 0.957. The first-order valence-electron chi connectivity index (χ1n) is 6.45. The van der Waals surface area contributed by atoms with Gasteiger partial charge < -0.3 is 5.32 Å². The average molecular weight is 217 g/mol. The van der Waals surface area contributed by atoms with Crippen molar-refractivity contribution in [1.29, 1.82) is 0 Å². The summed E-state index contributed by atoms with van der Waals surface area (Å²) >= 11 is 0. The molecular weight excluding hydrogens is 194 g/mol. The van der Waals surface area contributed by atoms with E-state index in [1.54, 1.807) is 0 Å². The molecule has 1 fully saturated rings. The van der Waals surface area contributed by atoms with Gasteiger partial charge in [-0.2, -0.15) is 0 Å². The van der Waals surface area contributed by atoms with Crippen LogP contribution in [0.1, 0.15) is 48.4 Å². The molecule has 1 aliphatic rings. The van der Waals surface area contributed by atoms with Crippen LogP contribution in [-0.4, -0.2) is 7.05 Å². The molecule has 88 valence electrons. The van der Waals surface area contributed by atoms with Crippen molar-refractivity contribution < 1.29 is 0 Å². The summed E-state index contributed by atoms with van der Waals surface area (Å²) in [5.41, 5.74) is 4.28. The number of benzene rings is 1. The fourth-order valence-corrected chi connectivity index (χ4v) is 2.68. The predicted octanol–water partition coefficient (Wildman–Crippen LogP) is 3.75. The van der Waals surface area contributed by atoms with E-state index in [-0.39, 0.29) is 0 Å². The predicted molar refractivity (Wildman–Crippen MR) is 69.7 cm³/mol. The van der Waals surface area contributed by atoms with Gasteiger partial charge in [0.15, 0.2) is 0 Å². The zero-order chi connectivity index (χ0) is 11.5. The van der Waals surface area contributed by atoms with E-state index in [4.69, 9.17) is 0 Å². The van der Waals surface area contributed by atoms with Gasteiger partial charge in [0.2, 0.25) is 0 Å². The molecule has 1 aromatic rings. The highest BCUT2D eigenvalue weighted by molar-refractivity contribution is 5.32. The summed E-state index contributed by atoms with van der Waals surface area (Å²) in [7, 11) is 2.09. The largest absolute Gasteiger partial charge is 0.313 e. The van der Waals surface area contributed by atoms with Crippen molar-refractivity contribution in [3.05, 3.63) is 34.9 Å². The molecule has 0 spiro atoms. The Morgan fingerprint density at radius 2 is 2.06 bits per heavy atom. The molecule has 1 unspecified atom stereocenters. The van der Waals surface area contributed by atoms with Gasteiger partial charge in [-0.25, -0.2) is 0 Å². The number of aryl methyl sites for hydroxylation is 2. The molecule has 0 heterocycles. The lowest BCUT2D eigenvalue weighted by molar-refractivity contribution is 0.265. The van der Waals surface area contributed by atoms with E-state index in [0.717, 1.165) is 5.92 Å². The first-order chi connectivity index (χ1) is 7.70. The lowest BCUT2D eigenvalue weighted by Gasteiger charge is -2.30. The van der Waals surface area contributed by atoms with Gasteiger partial charge in [0.1, 0.15) is 0 Å². The second-order valence-electron chi connectivity index (χ2n) is 5.23. The molecule has 1 atom stereocenters. The SMILES string of the molecule is CNC(CC1CCC1)c1ccc(C)cc1C. The first-order valence-corrected chi connectivity index (χ1v) is 6.45. The van der Waals surface area contributed by atoms with Crippen LogP contribution in [0.15, 0.2) is 18.2 Å². The summed E-state index contributed by atoms with van der Waals surface area (Å²) in [5, 5.41) is 3.48. The highest BCUT2D eigenvalue weighted by Crippen LogP contribution is 2.35. The molecule has 1 saturated carbocycles. The van der Waals surface area contributed by atoms with Crippen LogP contribution >= 0.6 is 0 Å². The van der Waals surface area contributed by atoms with Gasteiger partial charge in [-0.1, -0.05) is 43.0 Å². The molecule has 2 rings (SSSR count). The minimum Gasteiger partial charge on any atom is -0.313 e. The van der Waals surface area contributed by atoms with Gasteiger partial charge in [0.05, 0.1) is 0 Å². The molecule has 1 aliphatic carbocycles. The lowest BCUT2D eigenvalue weighted by Crippen LogP contribution is -2.23. The van der Waals surface area contributed by atoms with Crippen molar-refractivity contribution in [3.63, 3.8) is 0 Å². The second kappa shape index (κ2) is 5.01. The van der Waals surface area contributed by atoms with Gasteiger partial charge in [0, 0.05) is 6.04 Å². The molecule has 1 nitrogen and oxygen atoms in total. The third kappa shape index (κ3) is 2.46. The van der Waals surface area contributed by atoms with Crippen LogP contribution in [0.3, 0.4) is 0 Å². The maximum absolute atomic E-state index is 3.48. The van der Waals surface area contributed by atoms with Crippen LogP contribution in [-0.2, 0) is 0 Å². The first kappa shape index (κ1) is 11.7. The minimum absolute atomic E-state index is 0.547. The smallest absolute Gasteiger partial charge is 0.0322 e. The topological polar surface area (TPSA) is 12.0 Å². The van der Waals surface area contributed by atoms with Gasteiger partial charge in [-0.15, -0.1) is 0 Å². The quantitative estimate of drug-likeness (QED) is 0.810. The Hall–Kier alpha value is -0.820. The lowest BCUT2D eigenvalue weighted by atomic mass is 9.79. The number of nitrogens with one attached hydrogen (secondary N) is 1. The van der Waals surface area contributed by atoms with Crippen molar-refractivity contribution in [1.82, 2.24) is 5.32 Å². The Bertz CT molecular complexity index is 352. The van der Waals surface area contributed by atoms with E-state index in [9.17, 15) is 0 Å². The van der Waals surface area contributed by atoms with Crippen LogP contribution < -0.4 is 5.32 Å². The number of rotatable bonds is 4. The van der Waals surface area contributed by atoms with E-state index in [2.05, 4.69) is 44.4 Å². The van der Waals surface area contributed by atoms with Crippen molar-refractivity contribution in [3.8, 4) is 0 Å². The summed E-state index contributed by atoms with van der Waals surface area (Å²) < 4.78 is 0. The normalized spacial score (nSPS) is 18.2. The van der Waals surface area contributed by atoms with Gasteiger partial charge in [-0.3, -0.25) is 0 Å². The second-order valence-corrected chi connectivity index (χ2v) is 5.23. The Labute approximate surface area is 99.3 Å². The maximum Gasteiger partial charge on any atom is 0.0322 e. The zero-order valence-electron chi connectivity index (χ0n) is 10.7. The summed E-state index contributed by atoms with van der Waals surface area (Å²) in [6.45, 7) is 4.39. The maximum atomic E-state index is 3.48. The summed E-state index contributed by atoms with van der Waals surface area (Å²) in [4.78, 5) is 0. The number of hydrogen-bond donors (Lipinski definition) is 1. The Morgan fingerprint density at radius 1 is 1.31 bits per heavy atom. The molecule has 0 aliphatic heterocycles. The highest BCUT2D eigenvalue weighted by atomic mass is 14.9. The molecule has 0 radical (unpaired) electrons. The van der Waals surface area contributed by atoms with E-state index in [0.29, 0.717) is 6.04 Å². The van der Waals surface area contributed by atoms with E-state index < -0.39 is 0 Å². The monoisotopic (exact) mass is 217 g/mol. The van der Waals surface area contributed by atoms with Crippen LogP contribution in [0.2, 0.25) is 0 Å². The molecule has 1 aromatic carbocycles. The van der Waals surface area contributed by atoms with Gasteiger partial charge in [-0.05, 0) is 44.4 Å². The van der Waals surface area contributed by atoms with Crippen molar-refractivity contribution in [2.24, 2.45) is 5.92 Å². The number of hydrogen-bond acceptors (Lipinski definition) is 1. The molecule has 1 heteroatoms. The van der Waals surface area contributed by atoms with Crippen LogP contribution in [0.5, 0.6) is 0 Å². The molecule has 16 heavy (non-hydrogen) atoms. The van der Waals surface area contributed by atoms with Gasteiger partial charge >= 0.3 is 0 Å². The summed E-state index contributed by atoms with van der Waals surface area (Å²) in [6, 6.07) is 7.36.